The van der Waals surface area contributed by atoms with Gasteiger partial charge in [-0.3, -0.25) is 9.59 Å². The van der Waals surface area contributed by atoms with E-state index in [-0.39, 0.29) is 17.4 Å². The molecule has 2 aromatic rings. The predicted octanol–water partition coefficient (Wildman–Crippen LogP) is 4.46. The molecular formula is C27H42N4O5Si. The number of likely N-dealkylation sites (tertiary alicyclic amines) is 1. The second-order valence-electron chi connectivity index (χ2n) is 12.4. The Hall–Kier alpha value is -3.01. The van der Waals surface area contributed by atoms with Gasteiger partial charge in [-0.25, -0.2) is 4.79 Å². The van der Waals surface area contributed by atoms with E-state index >= 15 is 0 Å². The lowest BCUT2D eigenvalue weighted by atomic mass is 10.0. The van der Waals surface area contributed by atoms with Crippen LogP contribution in [-0.4, -0.2) is 60.3 Å². The lowest BCUT2D eigenvalue weighted by Gasteiger charge is -2.36. The summed E-state index contributed by atoms with van der Waals surface area (Å²) in [5, 5.41) is 3.70. The van der Waals surface area contributed by atoms with Gasteiger partial charge in [0.05, 0.1) is 0 Å². The van der Waals surface area contributed by atoms with E-state index in [2.05, 4.69) is 44.2 Å². The number of alkyl carbamates (subject to hydrolysis) is 1. The highest BCUT2D eigenvalue weighted by molar-refractivity contribution is 6.74. The summed E-state index contributed by atoms with van der Waals surface area (Å²) in [7, 11) is -2.05. The number of hydrogen-bond donors (Lipinski definition) is 3. The standard InChI is InChI=1S/C27H42N4O5Si/c1-26(2,3)35-25(34)30-21(24(33)31-13-9-10-22(31)23(28)32)14-17-16-29-20-12-11-18(15-19(17)20)36-37(7,8)27(4,5)6/h11-12,15-16,21-22,29H,9-10,13-14H2,1-8H3,(H2,28,32)(H,30,34)/t21?,22-/m0/s1. The minimum atomic E-state index is -2.05. The molecule has 0 radical (unpaired) electrons. The molecule has 10 heteroatoms. The Morgan fingerprint density at radius 3 is 2.46 bits per heavy atom. The highest BCUT2D eigenvalue weighted by Gasteiger charge is 2.39. The van der Waals surface area contributed by atoms with Gasteiger partial charge in [0.2, 0.25) is 20.1 Å². The minimum absolute atomic E-state index is 0.0461. The molecule has 204 valence electrons. The summed E-state index contributed by atoms with van der Waals surface area (Å²) in [5.41, 5.74) is 6.58. The third-order valence-electron chi connectivity index (χ3n) is 7.20. The van der Waals surface area contributed by atoms with Crippen LogP contribution in [0, 0.1) is 0 Å². The lowest BCUT2D eigenvalue weighted by Crippen LogP contribution is -2.54. The van der Waals surface area contributed by atoms with Crippen molar-refractivity contribution in [2.75, 3.05) is 6.54 Å². The number of fused-ring (bicyclic) bond motifs is 1. The maximum atomic E-state index is 13.6. The molecule has 4 N–H and O–H groups in total. The number of ether oxygens (including phenoxy) is 1. The Morgan fingerprint density at radius 1 is 1.19 bits per heavy atom. The summed E-state index contributed by atoms with van der Waals surface area (Å²) in [4.78, 5) is 43.0. The number of amides is 3. The number of rotatable bonds is 7. The number of nitrogens with two attached hydrogens (primary N) is 1. The first-order chi connectivity index (χ1) is 17.0. The molecule has 0 saturated carbocycles. The zero-order valence-electron chi connectivity index (χ0n) is 23.4. The molecule has 0 aliphatic carbocycles. The number of nitrogens with one attached hydrogen (secondary N) is 2. The molecule has 3 rings (SSSR count). The number of nitrogens with zero attached hydrogens (tertiary/aromatic N) is 1. The fourth-order valence-electron chi connectivity index (χ4n) is 4.23. The van der Waals surface area contributed by atoms with Gasteiger partial charge in [-0.2, -0.15) is 0 Å². The van der Waals surface area contributed by atoms with Gasteiger partial charge < -0.3 is 30.1 Å². The minimum Gasteiger partial charge on any atom is -0.543 e. The van der Waals surface area contributed by atoms with E-state index in [1.54, 1.807) is 20.8 Å². The van der Waals surface area contributed by atoms with E-state index in [1.807, 2.05) is 24.4 Å². The number of benzene rings is 1. The molecule has 1 fully saturated rings. The summed E-state index contributed by atoms with van der Waals surface area (Å²) < 4.78 is 11.9. The Kier molecular flexibility index (Phi) is 8.02. The number of aromatic amines is 1. The zero-order valence-corrected chi connectivity index (χ0v) is 24.4. The second-order valence-corrected chi connectivity index (χ2v) is 17.1. The predicted molar refractivity (Wildman–Crippen MR) is 147 cm³/mol. The fraction of sp³-hybridized carbons (Fsp3) is 0.593. The molecule has 1 aliphatic heterocycles. The van der Waals surface area contributed by atoms with Crippen molar-refractivity contribution in [1.82, 2.24) is 15.2 Å². The molecule has 2 heterocycles. The van der Waals surface area contributed by atoms with Crippen LogP contribution in [0.15, 0.2) is 24.4 Å². The number of primary amides is 1. The summed E-state index contributed by atoms with van der Waals surface area (Å²) in [6, 6.07) is 4.29. The molecule has 37 heavy (non-hydrogen) atoms. The van der Waals surface area contributed by atoms with Crippen molar-refractivity contribution in [1.29, 1.82) is 0 Å². The van der Waals surface area contributed by atoms with E-state index in [4.69, 9.17) is 14.9 Å². The highest BCUT2D eigenvalue weighted by atomic mass is 28.4. The van der Waals surface area contributed by atoms with Crippen molar-refractivity contribution in [3.8, 4) is 5.75 Å². The monoisotopic (exact) mass is 530 g/mol. The van der Waals surface area contributed by atoms with Crippen molar-refractivity contribution < 1.29 is 23.5 Å². The first-order valence-electron chi connectivity index (χ1n) is 12.9. The lowest BCUT2D eigenvalue weighted by molar-refractivity contribution is -0.139. The van der Waals surface area contributed by atoms with Crippen molar-refractivity contribution in [3.63, 3.8) is 0 Å². The van der Waals surface area contributed by atoms with Gasteiger partial charge in [0, 0.05) is 30.1 Å². The number of aromatic nitrogens is 1. The van der Waals surface area contributed by atoms with Crippen LogP contribution < -0.4 is 15.5 Å². The Bertz CT molecular complexity index is 1160. The molecule has 1 aliphatic rings. The summed E-state index contributed by atoms with van der Waals surface area (Å²) in [6.07, 6.45) is 2.56. The Balaban J connectivity index is 1.92. The summed E-state index contributed by atoms with van der Waals surface area (Å²) in [6.45, 7) is 16.7. The number of H-pyrrole nitrogens is 1. The molecule has 0 spiro atoms. The van der Waals surface area contributed by atoms with Crippen LogP contribution in [0.3, 0.4) is 0 Å². The van der Waals surface area contributed by atoms with Gasteiger partial charge in [-0.1, -0.05) is 20.8 Å². The molecular weight excluding hydrogens is 488 g/mol. The second kappa shape index (κ2) is 10.4. The number of carbonyl (C=O) groups is 3. The van der Waals surface area contributed by atoms with Gasteiger partial charge >= 0.3 is 6.09 Å². The molecule has 1 unspecified atom stereocenters. The average Bonchev–Trinajstić information content (AvgIpc) is 3.38. The smallest absolute Gasteiger partial charge is 0.408 e. The van der Waals surface area contributed by atoms with Crippen LogP contribution >= 0.6 is 0 Å². The third kappa shape index (κ3) is 6.85. The van der Waals surface area contributed by atoms with E-state index in [1.165, 1.54) is 4.90 Å². The molecule has 0 bridgehead atoms. The van der Waals surface area contributed by atoms with Crippen LogP contribution in [0.1, 0.15) is 59.9 Å². The SMILES string of the molecule is CC(C)(C)OC(=O)NC(Cc1c[nH]c2ccc(O[Si](C)(C)C(C)(C)C)cc12)C(=O)N1CCC[C@H]1C(N)=O. The van der Waals surface area contributed by atoms with Crippen LogP contribution in [0.2, 0.25) is 18.1 Å². The van der Waals surface area contributed by atoms with Gasteiger partial charge in [-0.05, 0) is 75.5 Å². The van der Waals surface area contributed by atoms with Crippen molar-refractivity contribution >= 4 is 37.1 Å². The molecule has 1 aromatic carbocycles. The molecule has 3 amide bonds. The first kappa shape index (κ1) is 28.6. The first-order valence-corrected chi connectivity index (χ1v) is 15.8. The normalized spacial score (nSPS) is 17.5. The largest absolute Gasteiger partial charge is 0.543 e. The summed E-state index contributed by atoms with van der Waals surface area (Å²) in [5.74, 6) is -0.118. The van der Waals surface area contributed by atoms with Crippen LogP contribution in [-0.2, 0) is 20.7 Å². The van der Waals surface area contributed by atoms with Crippen LogP contribution in [0.4, 0.5) is 4.79 Å². The third-order valence-corrected chi connectivity index (χ3v) is 11.6. The molecule has 2 atom stereocenters. The fourth-order valence-corrected chi connectivity index (χ4v) is 5.26. The molecule has 9 nitrogen and oxygen atoms in total. The molecule has 1 saturated heterocycles. The van der Waals surface area contributed by atoms with E-state index in [9.17, 15) is 14.4 Å². The highest BCUT2D eigenvalue weighted by Crippen LogP contribution is 2.38. The van der Waals surface area contributed by atoms with Gasteiger partial charge in [0.15, 0.2) is 0 Å². The topological polar surface area (TPSA) is 127 Å². The van der Waals surface area contributed by atoms with E-state index in [0.717, 1.165) is 22.2 Å². The van der Waals surface area contributed by atoms with Crippen LogP contribution in [0.5, 0.6) is 5.75 Å². The quantitative estimate of drug-likeness (QED) is 0.456. The zero-order chi connectivity index (χ0) is 27.8. The van der Waals surface area contributed by atoms with E-state index < -0.39 is 38.0 Å². The Labute approximate surface area is 220 Å². The van der Waals surface area contributed by atoms with E-state index in [0.29, 0.717) is 19.4 Å². The van der Waals surface area contributed by atoms with Crippen molar-refractivity contribution in [2.24, 2.45) is 5.73 Å². The van der Waals surface area contributed by atoms with Crippen molar-refractivity contribution in [2.45, 2.75) is 96.6 Å². The van der Waals surface area contributed by atoms with Gasteiger partial charge in [-0.15, -0.1) is 0 Å². The van der Waals surface area contributed by atoms with Crippen molar-refractivity contribution in [3.05, 3.63) is 30.0 Å². The maximum absolute atomic E-state index is 13.6. The average molecular weight is 531 g/mol. The van der Waals surface area contributed by atoms with Gasteiger partial charge in [0.25, 0.3) is 0 Å². The summed E-state index contributed by atoms with van der Waals surface area (Å²) >= 11 is 0. The van der Waals surface area contributed by atoms with Crippen LogP contribution in [0.25, 0.3) is 10.9 Å². The maximum Gasteiger partial charge on any atom is 0.408 e. The number of carbonyl (C=O) groups excluding carboxylic acids is 3. The van der Waals surface area contributed by atoms with Gasteiger partial charge in [0.1, 0.15) is 23.4 Å². The molecule has 1 aromatic heterocycles. The number of hydrogen-bond acceptors (Lipinski definition) is 5. The Morgan fingerprint density at radius 2 is 1.86 bits per heavy atom.